The molecule has 2 aliphatic heterocycles. The molecule has 5 rings (SSSR count). The standard InChI is InChI=1S/C20H25N3O4/c1-2-4-8-20(7-3-1)13-23(9-10-26-20)12-18-21-19(22-27-18)15-5-6-16-17(11-15)25-14-24-16/h5-6,11H,1-4,7-10,12-14H2. The van der Waals surface area contributed by atoms with Gasteiger partial charge in [-0.05, 0) is 31.0 Å². The minimum absolute atomic E-state index is 0.0227. The number of ether oxygens (including phenoxy) is 3. The molecule has 144 valence electrons. The average Bonchev–Trinajstić information content (AvgIpc) is 3.28. The molecule has 1 saturated carbocycles. The van der Waals surface area contributed by atoms with Gasteiger partial charge in [-0.2, -0.15) is 4.98 Å². The molecule has 1 aromatic carbocycles. The molecule has 3 heterocycles. The van der Waals surface area contributed by atoms with Gasteiger partial charge in [0.05, 0.1) is 18.8 Å². The number of fused-ring (bicyclic) bond motifs is 1. The van der Waals surface area contributed by atoms with Gasteiger partial charge in [-0.25, -0.2) is 0 Å². The molecule has 2 fully saturated rings. The molecule has 7 heteroatoms. The van der Waals surface area contributed by atoms with Crippen LogP contribution in [-0.2, 0) is 11.3 Å². The number of aromatic nitrogens is 2. The van der Waals surface area contributed by atoms with E-state index < -0.39 is 0 Å². The van der Waals surface area contributed by atoms with Crippen LogP contribution in [0.3, 0.4) is 0 Å². The Labute approximate surface area is 158 Å². The SMILES string of the molecule is c1cc2c(cc1-c1noc(CN3CCOC4(CCCCCC4)C3)n1)OCO2. The highest BCUT2D eigenvalue weighted by molar-refractivity contribution is 5.61. The van der Waals surface area contributed by atoms with Crippen molar-refractivity contribution >= 4 is 0 Å². The first-order valence-corrected chi connectivity index (χ1v) is 9.89. The monoisotopic (exact) mass is 371 g/mol. The molecule has 0 radical (unpaired) electrons. The zero-order chi connectivity index (χ0) is 18.1. The number of nitrogens with zero attached hydrogens (tertiary/aromatic N) is 3. The fourth-order valence-corrected chi connectivity index (χ4v) is 4.40. The average molecular weight is 371 g/mol. The van der Waals surface area contributed by atoms with Gasteiger partial charge in [0.2, 0.25) is 18.5 Å². The van der Waals surface area contributed by atoms with Crippen LogP contribution in [0.15, 0.2) is 22.7 Å². The molecule has 1 spiro atoms. The lowest BCUT2D eigenvalue weighted by molar-refractivity contribution is -0.120. The number of hydrogen-bond donors (Lipinski definition) is 0. The first kappa shape index (κ1) is 17.0. The van der Waals surface area contributed by atoms with E-state index in [0.29, 0.717) is 18.3 Å². The van der Waals surface area contributed by atoms with Crippen molar-refractivity contribution < 1.29 is 18.7 Å². The van der Waals surface area contributed by atoms with E-state index in [1.54, 1.807) is 0 Å². The van der Waals surface area contributed by atoms with Crippen LogP contribution in [0.5, 0.6) is 11.5 Å². The van der Waals surface area contributed by atoms with Crippen molar-refractivity contribution in [2.24, 2.45) is 0 Å². The number of hydrogen-bond acceptors (Lipinski definition) is 7. The molecule has 7 nitrogen and oxygen atoms in total. The van der Waals surface area contributed by atoms with Gasteiger partial charge in [0.1, 0.15) is 0 Å². The Morgan fingerprint density at radius 2 is 1.89 bits per heavy atom. The van der Waals surface area contributed by atoms with Crippen LogP contribution in [0.4, 0.5) is 0 Å². The fraction of sp³-hybridized carbons (Fsp3) is 0.600. The molecule has 0 unspecified atom stereocenters. The lowest BCUT2D eigenvalue weighted by Gasteiger charge is -2.42. The molecular formula is C20H25N3O4. The largest absolute Gasteiger partial charge is 0.454 e. The van der Waals surface area contributed by atoms with Gasteiger partial charge in [-0.1, -0.05) is 30.8 Å². The fourth-order valence-electron chi connectivity index (χ4n) is 4.40. The Morgan fingerprint density at radius 3 is 2.78 bits per heavy atom. The summed E-state index contributed by atoms with van der Waals surface area (Å²) in [5.41, 5.74) is 0.894. The second kappa shape index (κ2) is 7.13. The van der Waals surface area contributed by atoms with Crippen LogP contribution >= 0.6 is 0 Å². The third kappa shape index (κ3) is 3.53. The summed E-state index contributed by atoms with van der Waals surface area (Å²) in [5, 5.41) is 4.16. The van der Waals surface area contributed by atoms with E-state index in [0.717, 1.165) is 49.6 Å². The Hall–Kier alpha value is -2.12. The van der Waals surface area contributed by atoms with Crippen LogP contribution in [0.1, 0.15) is 44.4 Å². The van der Waals surface area contributed by atoms with E-state index in [4.69, 9.17) is 18.7 Å². The summed E-state index contributed by atoms with van der Waals surface area (Å²) < 4.78 is 22.5. The van der Waals surface area contributed by atoms with Gasteiger partial charge >= 0.3 is 0 Å². The van der Waals surface area contributed by atoms with E-state index in [1.807, 2.05) is 18.2 Å². The summed E-state index contributed by atoms with van der Waals surface area (Å²) in [6.45, 7) is 3.57. The molecule has 0 bridgehead atoms. The van der Waals surface area contributed by atoms with Crippen LogP contribution < -0.4 is 9.47 Å². The van der Waals surface area contributed by atoms with Crippen molar-refractivity contribution in [2.75, 3.05) is 26.5 Å². The number of rotatable bonds is 3. The molecule has 1 aliphatic carbocycles. The van der Waals surface area contributed by atoms with Gasteiger partial charge in [0.25, 0.3) is 0 Å². The highest BCUT2D eigenvalue weighted by Gasteiger charge is 2.37. The van der Waals surface area contributed by atoms with Crippen molar-refractivity contribution in [3.63, 3.8) is 0 Å². The van der Waals surface area contributed by atoms with Gasteiger partial charge in [0, 0.05) is 18.7 Å². The summed E-state index contributed by atoms with van der Waals surface area (Å²) in [4.78, 5) is 6.99. The molecule has 3 aliphatic rings. The van der Waals surface area contributed by atoms with Crippen LogP contribution in [0.25, 0.3) is 11.4 Å². The van der Waals surface area contributed by atoms with Gasteiger partial charge < -0.3 is 18.7 Å². The molecular weight excluding hydrogens is 346 g/mol. The number of benzene rings is 1. The van der Waals surface area contributed by atoms with Gasteiger partial charge in [0.15, 0.2) is 11.5 Å². The lowest BCUT2D eigenvalue weighted by atomic mass is 9.92. The summed E-state index contributed by atoms with van der Waals surface area (Å²) >= 11 is 0. The quantitative estimate of drug-likeness (QED) is 0.819. The van der Waals surface area contributed by atoms with Crippen LogP contribution in [0.2, 0.25) is 0 Å². The minimum atomic E-state index is 0.0227. The van der Waals surface area contributed by atoms with Crippen molar-refractivity contribution in [3.8, 4) is 22.9 Å². The lowest BCUT2D eigenvalue weighted by Crippen LogP contribution is -2.51. The topological polar surface area (TPSA) is 69.9 Å². The maximum Gasteiger partial charge on any atom is 0.241 e. The second-order valence-corrected chi connectivity index (χ2v) is 7.74. The Morgan fingerprint density at radius 1 is 1.04 bits per heavy atom. The third-order valence-corrected chi connectivity index (χ3v) is 5.80. The van der Waals surface area contributed by atoms with Crippen LogP contribution in [-0.4, -0.2) is 47.1 Å². The van der Waals surface area contributed by atoms with E-state index in [1.165, 1.54) is 25.7 Å². The van der Waals surface area contributed by atoms with Crippen LogP contribution in [0, 0.1) is 0 Å². The summed E-state index contributed by atoms with van der Waals surface area (Å²) in [5.74, 6) is 2.71. The third-order valence-electron chi connectivity index (χ3n) is 5.80. The minimum Gasteiger partial charge on any atom is -0.454 e. The highest BCUT2D eigenvalue weighted by atomic mass is 16.7. The first-order valence-electron chi connectivity index (χ1n) is 9.89. The maximum atomic E-state index is 6.24. The van der Waals surface area contributed by atoms with E-state index in [9.17, 15) is 0 Å². The van der Waals surface area contributed by atoms with Crippen molar-refractivity contribution in [3.05, 3.63) is 24.1 Å². The van der Waals surface area contributed by atoms with Gasteiger partial charge in [-0.15, -0.1) is 0 Å². The zero-order valence-corrected chi connectivity index (χ0v) is 15.5. The van der Waals surface area contributed by atoms with Crippen molar-refractivity contribution in [1.29, 1.82) is 0 Å². The van der Waals surface area contributed by atoms with E-state index in [2.05, 4.69) is 15.0 Å². The maximum absolute atomic E-state index is 6.24. The Balaban J connectivity index is 1.27. The predicted octanol–water partition coefficient (Wildman–Crippen LogP) is 3.39. The zero-order valence-electron chi connectivity index (χ0n) is 15.5. The summed E-state index contributed by atoms with van der Waals surface area (Å²) in [7, 11) is 0. The highest BCUT2D eigenvalue weighted by Crippen LogP contribution is 2.36. The molecule has 1 saturated heterocycles. The van der Waals surface area contributed by atoms with Crippen molar-refractivity contribution in [1.82, 2.24) is 15.0 Å². The molecule has 0 N–H and O–H groups in total. The summed E-state index contributed by atoms with van der Waals surface area (Å²) in [6, 6.07) is 5.70. The van der Waals surface area contributed by atoms with E-state index >= 15 is 0 Å². The normalized spacial score (nSPS) is 22.1. The molecule has 1 aromatic heterocycles. The molecule has 27 heavy (non-hydrogen) atoms. The summed E-state index contributed by atoms with van der Waals surface area (Å²) in [6.07, 6.45) is 7.51. The molecule has 2 aromatic rings. The van der Waals surface area contributed by atoms with Crippen molar-refractivity contribution in [2.45, 2.75) is 50.7 Å². The molecule has 0 amide bonds. The Bertz CT molecular complexity index is 798. The van der Waals surface area contributed by atoms with Gasteiger partial charge in [-0.3, -0.25) is 4.90 Å². The Kier molecular flexibility index (Phi) is 4.49. The predicted molar refractivity (Wildman–Crippen MR) is 97.5 cm³/mol. The second-order valence-electron chi connectivity index (χ2n) is 7.74. The smallest absolute Gasteiger partial charge is 0.241 e. The first-order chi connectivity index (χ1) is 13.3. The number of morpholine rings is 1. The van der Waals surface area contributed by atoms with E-state index in [-0.39, 0.29) is 12.4 Å². The molecule has 0 atom stereocenters.